The molecule has 0 saturated carbocycles. The van der Waals surface area contributed by atoms with Crippen LogP contribution in [0.1, 0.15) is 11.1 Å². The second kappa shape index (κ2) is 7.08. The van der Waals surface area contributed by atoms with Gasteiger partial charge in [0.05, 0.1) is 0 Å². The minimum absolute atomic E-state index is 0. The standard InChI is InChI=1S/C18H14P2.2ClH.Zr/c1-3-7-17-15(5-1)13(11-19-17)9-10-14-12-20-18-8-4-2-6-16(14)18;;;/h1-8,19-20H,9-10H2;2*1H;/q;;;+2/p-2. The van der Waals surface area contributed by atoms with Gasteiger partial charge in [-0.1, -0.05) is 0 Å². The van der Waals surface area contributed by atoms with Gasteiger partial charge in [0.25, 0.3) is 0 Å². The molecule has 2 aromatic heterocycles. The first-order valence-electron chi connectivity index (χ1n) is 7.36. The summed E-state index contributed by atoms with van der Waals surface area (Å²) in [6.45, 7) is 0. The summed E-state index contributed by atoms with van der Waals surface area (Å²) in [5.41, 5.74) is 3.49. The normalized spacial score (nSPS) is 12.9. The third-order valence-corrected chi connectivity index (χ3v) is 13.1. The molecule has 0 spiro atoms. The first kappa shape index (κ1) is 17.8. The van der Waals surface area contributed by atoms with E-state index < -0.39 is 23.2 Å². The first-order chi connectivity index (χ1) is 10.4. The van der Waals surface area contributed by atoms with Crippen molar-refractivity contribution in [2.24, 2.45) is 0 Å². The first-order valence-corrected chi connectivity index (χ1v) is 11.8. The van der Waals surface area contributed by atoms with Gasteiger partial charge in [0.2, 0.25) is 0 Å². The number of rotatable bonds is 0. The Labute approximate surface area is 163 Å². The van der Waals surface area contributed by atoms with Crippen LogP contribution in [0.15, 0.2) is 48.5 Å². The van der Waals surface area contributed by atoms with Crippen molar-refractivity contribution in [2.75, 3.05) is 0 Å². The monoisotopic (exact) mass is 452 g/mol. The Hall–Kier alpha value is -0.0169. The third kappa shape index (κ3) is 2.90. The van der Waals surface area contributed by atoms with Gasteiger partial charge in [0, 0.05) is 0 Å². The van der Waals surface area contributed by atoms with Gasteiger partial charge in [-0.15, -0.1) is 0 Å². The maximum atomic E-state index is 2.36. The summed E-state index contributed by atoms with van der Waals surface area (Å²) >= 11 is -0.534. The van der Waals surface area contributed by atoms with Crippen LogP contribution in [0.5, 0.6) is 0 Å². The van der Waals surface area contributed by atoms with E-state index in [-0.39, 0.29) is 24.8 Å². The van der Waals surface area contributed by atoms with Crippen LogP contribution in [0, 0.1) is 0 Å². The Kier molecular flexibility index (Phi) is 5.48. The van der Waals surface area contributed by atoms with E-state index in [4.69, 9.17) is 0 Å². The van der Waals surface area contributed by atoms with Crippen LogP contribution < -0.4 is 30.8 Å². The van der Waals surface area contributed by atoms with Crippen molar-refractivity contribution >= 4 is 43.4 Å². The Morgan fingerprint density at radius 3 is 1.57 bits per heavy atom. The maximum absolute atomic E-state index is 2.36. The Bertz CT molecular complexity index is 907. The van der Waals surface area contributed by atoms with E-state index in [1.165, 1.54) is 12.8 Å². The number of hydrogen-bond acceptors (Lipinski definition) is 0. The molecule has 5 rings (SSSR count). The van der Waals surface area contributed by atoms with Crippen LogP contribution in [0.3, 0.4) is 0 Å². The molecule has 3 heterocycles. The Morgan fingerprint density at radius 2 is 1.09 bits per heavy atom. The molecule has 1 aliphatic rings. The summed E-state index contributed by atoms with van der Waals surface area (Å²) in [6, 6.07) is 18.3. The van der Waals surface area contributed by atoms with Gasteiger partial charge < -0.3 is 24.8 Å². The number of benzene rings is 2. The van der Waals surface area contributed by atoms with E-state index in [1.54, 1.807) is 32.1 Å². The van der Waals surface area contributed by atoms with Crippen LogP contribution in [0.25, 0.3) is 21.0 Å². The average Bonchev–Trinajstić information content (AvgIpc) is 2.98. The van der Waals surface area contributed by atoms with Crippen molar-refractivity contribution in [1.29, 1.82) is 0 Å². The molecule has 5 heteroatoms. The molecule has 1 aliphatic heterocycles. The fraction of sp³-hybridized carbons (Fsp3) is 0.111. The summed E-state index contributed by atoms with van der Waals surface area (Å²) in [7, 11) is 1.97. The molecule has 0 saturated heterocycles. The van der Waals surface area contributed by atoms with Gasteiger partial charge in [-0.2, -0.15) is 0 Å². The summed E-state index contributed by atoms with van der Waals surface area (Å²) in [5, 5.41) is 6.41. The quantitative estimate of drug-likeness (QED) is 0.294. The Balaban J connectivity index is 0.000000781. The minimum atomic E-state index is -0.534. The zero-order chi connectivity index (χ0) is 13.8. The SMILES string of the molecule is [Cl-].[Cl-].c1ccc2c3[c]([pH]c2c1)[Zr+2][c]1[pH]c2ccccc2c1CC3. The summed E-state index contributed by atoms with van der Waals surface area (Å²) in [5.74, 6) is 0. The average molecular weight is 454 g/mol. The predicted octanol–water partition coefficient (Wildman–Crippen LogP) is -1.80. The van der Waals surface area contributed by atoms with E-state index in [0.717, 1.165) is 16.4 Å². The van der Waals surface area contributed by atoms with Crippen LogP contribution in [0.4, 0.5) is 0 Å². The van der Waals surface area contributed by atoms with Gasteiger partial charge in [0.1, 0.15) is 0 Å². The second-order valence-electron chi connectivity index (χ2n) is 5.67. The molecule has 114 valence electrons. The molecule has 0 nitrogen and oxygen atoms in total. The van der Waals surface area contributed by atoms with Gasteiger partial charge in [0.15, 0.2) is 0 Å². The molecule has 4 aromatic rings. The van der Waals surface area contributed by atoms with Crippen molar-refractivity contribution in [1.82, 2.24) is 0 Å². The topological polar surface area (TPSA) is 0 Å². The summed E-state index contributed by atoms with van der Waals surface area (Å²) in [6.07, 6.45) is 2.55. The van der Waals surface area contributed by atoms with Crippen molar-refractivity contribution < 1.29 is 48.0 Å². The molecule has 0 radical (unpaired) electrons. The van der Waals surface area contributed by atoms with Crippen LogP contribution in [-0.4, -0.2) is 0 Å². The van der Waals surface area contributed by atoms with Gasteiger partial charge in [-0.05, 0) is 0 Å². The van der Waals surface area contributed by atoms with Crippen molar-refractivity contribution in [2.45, 2.75) is 12.8 Å². The molecule has 0 bridgehead atoms. The van der Waals surface area contributed by atoms with Crippen molar-refractivity contribution in [3.63, 3.8) is 0 Å². The number of aryl methyl sites for hydroxylation is 2. The number of fused-ring (bicyclic) bond motifs is 6. The molecule has 0 amide bonds. The van der Waals surface area contributed by atoms with Gasteiger partial charge >= 0.3 is 139 Å². The molecule has 2 atom stereocenters. The Morgan fingerprint density at radius 1 is 0.652 bits per heavy atom. The van der Waals surface area contributed by atoms with E-state index in [0.29, 0.717) is 0 Å². The molecular weight excluding hydrogens is 440 g/mol. The molecule has 2 aromatic carbocycles. The number of halogens is 2. The summed E-state index contributed by atoms with van der Waals surface area (Å²) in [4.78, 5) is 0. The third-order valence-electron chi connectivity index (χ3n) is 4.50. The molecule has 23 heavy (non-hydrogen) atoms. The molecule has 0 aliphatic carbocycles. The zero-order valence-corrected chi connectivity index (χ0v) is 18.3. The molecular formula is C18H14Cl2P2Zr. The van der Waals surface area contributed by atoms with Crippen molar-refractivity contribution in [3.8, 4) is 0 Å². The van der Waals surface area contributed by atoms with Crippen molar-refractivity contribution in [3.05, 3.63) is 59.7 Å². The van der Waals surface area contributed by atoms with Crippen LogP contribution in [0.2, 0.25) is 0 Å². The van der Waals surface area contributed by atoms with Gasteiger partial charge in [-0.3, -0.25) is 0 Å². The van der Waals surface area contributed by atoms with Gasteiger partial charge in [-0.25, -0.2) is 0 Å². The summed E-state index contributed by atoms with van der Waals surface area (Å²) < 4.78 is 3.79. The van der Waals surface area contributed by atoms with Crippen LogP contribution >= 0.6 is 16.4 Å². The van der Waals surface area contributed by atoms with E-state index in [1.807, 2.05) is 6.01 Å². The molecule has 2 unspecified atom stereocenters. The fourth-order valence-corrected chi connectivity index (χ4v) is 13.8. The predicted molar refractivity (Wildman–Crippen MR) is 93.6 cm³/mol. The van der Waals surface area contributed by atoms with E-state index in [9.17, 15) is 0 Å². The van der Waals surface area contributed by atoms with E-state index >= 15 is 0 Å². The molecule has 0 fully saturated rings. The van der Waals surface area contributed by atoms with Crippen LogP contribution in [-0.2, 0) is 36.1 Å². The number of hydrogen-bond donors (Lipinski definition) is 0. The second-order valence-corrected chi connectivity index (χ2v) is 13.8. The zero-order valence-electron chi connectivity index (χ0n) is 12.3. The fourth-order valence-electron chi connectivity index (χ4n) is 3.51. The van der Waals surface area contributed by atoms with E-state index in [2.05, 4.69) is 48.5 Å². The molecule has 0 N–H and O–H groups in total.